The lowest BCUT2D eigenvalue weighted by Gasteiger charge is -2.11. The van der Waals surface area contributed by atoms with Crippen LogP contribution in [0.4, 0.5) is 25.0 Å². The molecular weight excluding hydrogens is 372 g/mol. The van der Waals surface area contributed by atoms with Crippen LogP contribution in [-0.2, 0) is 6.54 Å². The number of halogens is 2. The smallest absolute Gasteiger partial charge is 0.319 e. The number of nitrogens with one attached hydrogen (secondary N) is 3. The third kappa shape index (κ3) is 5.11. The molecular formula is C19H15F2N3O2S. The summed E-state index contributed by atoms with van der Waals surface area (Å²) in [4.78, 5) is 24.0. The summed E-state index contributed by atoms with van der Waals surface area (Å²) < 4.78 is 26.8. The largest absolute Gasteiger partial charge is 0.334 e. The van der Waals surface area contributed by atoms with E-state index in [1.165, 1.54) is 35.6 Å². The van der Waals surface area contributed by atoms with E-state index in [1.54, 1.807) is 29.0 Å². The van der Waals surface area contributed by atoms with E-state index in [0.717, 1.165) is 11.6 Å². The molecule has 27 heavy (non-hydrogen) atoms. The van der Waals surface area contributed by atoms with Crippen LogP contribution in [0.15, 0.2) is 59.3 Å². The van der Waals surface area contributed by atoms with E-state index in [9.17, 15) is 18.4 Å². The normalized spacial score (nSPS) is 10.3. The quantitative estimate of drug-likeness (QED) is 0.599. The van der Waals surface area contributed by atoms with Crippen molar-refractivity contribution in [3.8, 4) is 0 Å². The van der Waals surface area contributed by atoms with Gasteiger partial charge in [-0.15, -0.1) is 0 Å². The number of hydrogen-bond acceptors (Lipinski definition) is 3. The molecule has 0 aliphatic rings. The summed E-state index contributed by atoms with van der Waals surface area (Å²) in [6.45, 7) is 0.203. The van der Waals surface area contributed by atoms with Crippen molar-refractivity contribution in [2.24, 2.45) is 0 Å². The maximum absolute atomic E-state index is 13.9. The topological polar surface area (TPSA) is 70.2 Å². The lowest BCUT2D eigenvalue weighted by atomic mass is 10.2. The Kier molecular flexibility index (Phi) is 5.77. The Bertz CT molecular complexity index is 944. The fraction of sp³-hybridized carbons (Fsp3) is 0.0526. The summed E-state index contributed by atoms with van der Waals surface area (Å²) in [5.41, 5.74) is 1.43. The fourth-order valence-corrected chi connectivity index (χ4v) is 2.88. The van der Waals surface area contributed by atoms with Gasteiger partial charge in [0.1, 0.15) is 11.6 Å². The highest BCUT2D eigenvalue weighted by molar-refractivity contribution is 7.08. The van der Waals surface area contributed by atoms with Crippen LogP contribution < -0.4 is 16.0 Å². The van der Waals surface area contributed by atoms with Gasteiger partial charge in [0.15, 0.2) is 0 Å². The van der Waals surface area contributed by atoms with Crippen LogP contribution in [0.2, 0.25) is 0 Å². The summed E-state index contributed by atoms with van der Waals surface area (Å²) in [6, 6.07) is 10.7. The van der Waals surface area contributed by atoms with Gasteiger partial charge in [-0.2, -0.15) is 11.3 Å². The van der Waals surface area contributed by atoms with Gasteiger partial charge in [0.2, 0.25) is 0 Å². The van der Waals surface area contributed by atoms with E-state index in [2.05, 4.69) is 16.0 Å². The van der Waals surface area contributed by atoms with Gasteiger partial charge in [-0.1, -0.05) is 12.1 Å². The van der Waals surface area contributed by atoms with Gasteiger partial charge < -0.3 is 16.0 Å². The first kappa shape index (κ1) is 18.5. The van der Waals surface area contributed by atoms with Gasteiger partial charge in [0.25, 0.3) is 5.91 Å². The molecule has 0 radical (unpaired) electrons. The van der Waals surface area contributed by atoms with Crippen LogP contribution in [0.1, 0.15) is 15.9 Å². The molecule has 0 unspecified atom stereocenters. The first-order valence-electron chi connectivity index (χ1n) is 7.93. The summed E-state index contributed by atoms with van der Waals surface area (Å²) >= 11 is 1.36. The third-order valence-electron chi connectivity index (χ3n) is 3.62. The molecule has 0 aliphatic carbocycles. The second kappa shape index (κ2) is 8.41. The molecule has 0 atom stereocenters. The zero-order chi connectivity index (χ0) is 19.2. The zero-order valence-electron chi connectivity index (χ0n) is 14.0. The predicted molar refractivity (Wildman–Crippen MR) is 101 cm³/mol. The van der Waals surface area contributed by atoms with E-state index in [-0.39, 0.29) is 18.0 Å². The van der Waals surface area contributed by atoms with Crippen molar-refractivity contribution in [1.29, 1.82) is 0 Å². The Morgan fingerprint density at radius 1 is 0.963 bits per heavy atom. The number of amides is 3. The first-order valence-corrected chi connectivity index (χ1v) is 8.88. The van der Waals surface area contributed by atoms with Gasteiger partial charge in [0, 0.05) is 17.6 Å². The SMILES string of the molecule is O=C(NCc1ccc(F)cc1)Nc1ccc(F)c(NC(=O)c2ccsc2)c1. The minimum Gasteiger partial charge on any atom is -0.334 e. The van der Waals surface area contributed by atoms with Crippen molar-refractivity contribution >= 4 is 34.6 Å². The number of hydrogen-bond donors (Lipinski definition) is 3. The lowest BCUT2D eigenvalue weighted by molar-refractivity contribution is 0.102. The van der Waals surface area contributed by atoms with Crippen molar-refractivity contribution in [3.05, 3.63) is 82.1 Å². The van der Waals surface area contributed by atoms with Crippen molar-refractivity contribution in [2.45, 2.75) is 6.54 Å². The van der Waals surface area contributed by atoms with Crippen LogP contribution in [0, 0.1) is 11.6 Å². The number of thiophene rings is 1. The van der Waals surface area contributed by atoms with E-state index >= 15 is 0 Å². The number of rotatable bonds is 5. The van der Waals surface area contributed by atoms with Gasteiger partial charge in [-0.25, -0.2) is 13.6 Å². The minimum atomic E-state index is -0.615. The van der Waals surface area contributed by atoms with Gasteiger partial charge >= 0.3 is 6.03 Å². The lowest BCUT2D eigenvalue weighted by Crippen LogP contribution is -2.28. The van der Waals surface area contributed by atoms with Gasteiger partial charge in [-0.05, 0) is 47.3 Å². The van der Waals surface area contributed by atoms with Crippen molar-refractivity contribution in [1.82, 2.24) is 5.32 Å². The van der Waals surface area contributed by atoms with Crippen molar-refractivity contribution in [2.75, 3.05) is 10.6 Å². The molecule has 0 spiro atoms. The number of anilines is 2. The molecule has 3 amide bonds. The molecule has 3 N–H and O–H groups in total. The molecule has 5 nitrogen and oxygen atoms in total. The first-order chi connectivity index (χ1) is 13.0. The summed E-state index contributed by atoms with van der Waals surface area (Å²) in [5, 5.41) is 11.0. The molecule has 2 aromatic carbocycles. The highest BCUT2D eigenvalue weighted by Gasteiger charge is 2.11. The fourth-order valence-electron chi connectivity index (χ4n) is 2.25. The molecule has 0 bridgehead atoms. The van der Waals surface area contributed by atoms with E-state index in [4.69, 9.17) is 0 Å². The Morgan fingerprint density at radius 3 is 2.44 bits per heavy atom. The number of urea groups is 1. The molecule has 3 aromatic rings. The third-order valence-corrected chi connectivity index (χ3v) is 4.31. The summed E-state index contributed by atoms with van der Waals surface area (Å²) in [7, 11) is 0. The molecule has 1 heterocycles. The average Bonchev–Trinajstić information content (AvgIpc) is 3.19. The van der Waals surface area contributed by atoms with E-state index in [1.807, 2.05) is 0 Å². The van der Waals surface area contributed by atoms with Crippen LogP contribution in [-0.4, -0.2) is 11.9 Å². The van der Waals surface area contributed by atoms with Crippen molar-refractivity contribution in [3.63, 3.8) is 0 Å². The van der Waals surface area contributed by atoms with Crippen LogP contribution in [0.5, 0.6) is 0 Å². The van der Waals surface area contributed by atoms with Gasteiger partial charge in [-0.3, -0.25) is 4.79 Å². The maximum atomic E-state index is 13.9. The average molecular weight is 387 g/mol. The number of benzene rings is 2. The van der Waals surface area contributed by atoms with E-state index < -0.39 is 17.8 Å². The number of carbonyl (C=O) groups excluding carboxylic acids is 2. The highest BCUT2D eigenvalue weighted by Crippen LogP contribution is 2.21. The Labute approximate surface area is 158 Å². The molecule has 3 rings (SSSR count). The monoisotopic (exact) mass is 387 g/mol. The Hall–Kier alpha value is -3.26. The molecule has 0 fully saturated rings. The van der Waals surface area contributed by atoms with Crippen molar-refractivity contribution < 1.29 is 18.4 Å². The zero-order valence-corrected chi connectivity index (χ0v) is 14.8. The molecule has 138 valence electrons. The van der Waals surface area contributed by atoms with Crippen LogP contribution in [0.25, 0.3) is 0 Å². The molecule has 1 aromatic heterocycles. The standard InChI is InChI=1S/C19H15F2N3O2S/c20-14-3-1-12(2-4-14)10-22-19(26)23-15-5-6-16(21)17(9-15)24-18(25)13-7-8-27-11-13/h1-9,11H,10H2,(H,24,25)(H2,22,23,26). The van der Waals surface area contributed by atoms with Gasteiger partial charge in [0.05, 0.1) is 11.3 Å². The Morgan fingerprint density at radius 2 is 1.74 bits per heavy atom. The number of carbonyl (C=O) groups is 2. The molecule has 0 saturated heterocycles. The molecule has 0 aliphatic heterocycles. The second-order valence-corrected chi connectivity index (χ2v) is 6.37. The predicted octanol–water partition coefficient (Wildman–Crippen LogP) is 4.60. The minimum absolute atomic E-state index is 0.0393. The summed E-state index contributed by atoms with van der Waals surface area (Å²) in [6.07, 6.45) is 0. The van der Waals surface area contributed by atoms with E-state index in [0.29, 0.717) is 11.3 Å². The summed E-state index contributed by atoms with van der Waals surface area (Å²) in [5.74, 6) is -1.41. The van der Waals surface area contributed by atoms with Crippen LogP contribution in [0.3, 0.4) is 0 Å². The molecule has 0 saturated carbocycles. The van der Waals surface area contributed by atoms with Crippen LogP contribution >= 0.6 is 11.3 Å². The highest BCUT2D eigenvalue weighted by atomic mass is 32.1. The molecule has 8 heteroatoms. The maximum Gasteiger partial charge on any atom is 0.319 e. The Balaban J connectivity index is 1.60. The second-order valence-electron chi connectivity index (χ2n) is 5.59.